The first kappa shape index (κ1) is 8.96. The van der Waals surface area contributed by atoms with Gasteiger partial charge in [-0.25, -0.2) is 0 Å². The molecule has 0 heterocycles. The molecule has 0 aliphatic heterocycles. The standard InChI is InChI=1S/C15H16/c1-2-11-9-10-14(12-7-8-12)15-6-4-3-5-13(11)15/h3-6,9-10,12H,2,7-8H2,1H3. The van der Waals surface area contributed by atoms with Crippen molar-refractivity contribution in [2.24, 2.45) is 0 Å². The predicted molar refractivity (Wildman–Crippen MR) is 65.3 cm³/mol. The highest BCUT2D eigenvalue weighted by Crippen LogP contribution is 2.43. The second kappa shape index (κ2) is 3.37. The van der Waals surface area contributed by atoms with Gasteiger partial charge in [0.2, 0.25) is 0 Å². The van der Waals surface area contributed by atoms with E-state index < -0.39 is 0 Å². The molecule has 0 N–H and O–H groups in total. The van der Waals surface area contributed by atoms with Crippen LogP contribution in [0.15, 0.2) is 36.4 Å². The Labute approximate surface area is 90.9 Å². The molecule has 3 rings (SSSR count). The Bertz CT molecular complexity index is 492. The van der Waals surface area contributed by atoms with E-state index in [1.807, 2.05) is 0 Å². The Morgan fingerprint density at radius 3 is 2.40 bits per heavy atom. The third kappa shape index (κ3) is 1.45. The summed E-state index contributed by atoms with van der Waals surface area (Å²) in [6.07, 6.45) is 3.90. The fourth-order valence-corrected chi connectivity index (χ4v) is 2.44. The van der Waals surface area contributed by atoms with Crippen molar-refractivity contribution in [2.45, 2.75) is 32.1 Å². The smallest absolute Gasteiger partial charge is 0.0146 e. The van der Waals surface area contributed by atoms with Crippen LogP contribution in [0.3, 0.4) is 0 Å². The van der Waals surface area contributed by atoms with E-state index >= 15 is 0 Å². The normalized spacial score (nSPS) is 15.8. The molecule has 0 radical (unpaired) electrons. The molecule has 76 valence electrons. The number of rotatable bonds is 2. The summed E-state index contributed by atoms with van der Waals surface area (Å²) in [5.41, 5.74) is 3.05. The summed E-state index contributed by atoms with van der Waals surface area (Å²) in [5, 5.41) is 2.95. The lowest BCUT2D eigenvalue weighted by Crippen LogP contribution is -1.88. The number of hydrogen-bond acceptors (Lipinski definition) is 0. The fraction of sp³-hybridized carbons (Fsp3) is 0.333. The SMILES string of the molecule is CCc1ccc(C2CC2)c2ccccc12. The van der Waals surface area contributed by atoms with Crippen LogP contribution in [0.25, 0.3) is 10.8 Å². The van der Waals surface area contributed by atoms with Crippen LogP contribution in [0.2, 0.25) is 0 Å². The largest absolute Gasteiger partial charge is 0.0616 e. The van der Waals surface area contributed by atoms with E-state index in [1.54, 1.807) is 5.56 Å². The zero-order chi connectivity index (χ0) is 10.3. The first-order chi connectivity index (χ1) is 7.40. The van der Waals surface area contributed by atoms with E-state index in [2.05, 4.69) is 43.3 Å². The van der Waals surface area contributed by atoms with Gasteiger partial charge in [0.05, 0.1) is 0 Å². The lowest BCUT2D eigenvalue weighted by atomic mass is 9.96. The molecule has 2 aromatic rings. The van der Waals surface area contributed by atoms with E-state index in [1.165, 1.54) is 29.2 Å². The second-order valence-corrected chi connectivity index (χ2v) is 4.49. The van der Waals surface area contributed by atoms with Gasteiger partial charge in [-0.2, -0.15) is 0 Å². The molecular formula is C15H16. The highest BCUT2D eigenvalue weighted by molar-refractivity contribution is 5.89. The molecule has 0 amide bonds. The van der Waals surface area contributed by atoms with Gasteiger partial charge >= 0.3 is 0 Å². The van der Waals surface area contributed by atoms with Gasteiger partial charge in [0.15, 0.2) is 0 Å². The average Bonchev–Trinajstić information content (AvgIpc) is 3.11. The molecule has 0 aromatic heterocycles. The van der Waals surface area contributed by atoms with Crippen LogP contribution in [0.1, 0.15) is 36.8 Å². The predicted octanol–water partition coefficient (Wildman–Crippen LogP) is 4.28. The minimum Gasteiger partial charge on any atom is -0.0616 e. The summed E-state index contributed by atoms with van der Waals surface area (Å²) in [6.45, 7) is 2.23. The fourth-order valence-electron chi connectivity index (χ4n) is 2.44. The highest BCUT2D eigenvalue weighted by atomic mass is 14.3. The minimum atomic E-state index is 0.848. The zero-order valence-corrected chi connectivity index (χ0v) is 9.16. The van der Waals surface area contributed by atoms with E-state index in [0.29, 0.717) is 0 Å². The molecule has 15 heavy (non-hydrogen) atoms. The first-order valence-electron chi connectivity index (χ1n) is 5.90. The first-order valence-corrected chi connectivity index (χ1v) is 5.90. The molecule has 1 aliphatic carbocycles. The summed E-state index contributed by atoms with van der Waals surface area (Å²) in [5.74, 6) is 0.848. The molecule has 0 heteroatoms. The molecule has 1 fully saturated rings. The lowest BCUT2D eigenvalue weighted by Gasteiger charge is -2.09. The van der Waals surface area contributed by atoms with Crippen LogP contribution in [0.4, 0.5) is 0 Å². The summed E-state index contributed by atoms with van der Waals surface area (Å²) in [4.78, 5) is 0. The molecule has 0 nitrogen and oxygen atoms in total. The number of aryl methyl sites for hydroxylation is 1. The van der Waals surface area contributed by atoms with Gasteiger partial charge in [-0.15, -0.1) is 0 Å². The molecular weight excluding hydrogens is 180 g/mol. The van der Waals surface area contributed by atoms with E-state index in [4.69, 9.17) is 0 Å². The van der Waals surface area contributed by atoms with Gasteiger partial charge in [-0.1, -0.05) is 43.3 Å². The molecule has 0 spiro atoms. The summed E-state index contributed by atoms with van der Waals surface area (Å²) >= 11 is 0. The van der Waals surface area contributed by atoms with Crippen molar-refractivity contribution in [3.05, 3.63) is 47.5 Å². The van der Waals surface area contributed by atoms with Gasteiger partial charge in [0.1, 0.15) is 0 Å². The van der Waals surface area contributed by atoms with Gasteiger partial charge in [0.25, 0.3) is 0 Å². The maximum Gasteiger partial charge on any atom is -0.0146 e. The maximum absolute atomic E-state index is 2.35. The lowest BCUT2D eigenvalue weighted by molar-refractivity contribution is 1.12. The summed E-state index contributed by atoms with van der Waals surface area (Å²) in [7, 11) is 0. The average molecular weight is 196 g/mol. The van der Waals surface area contributed by atoms with E-state index in [-0.39, 0.29) is 0 Å². The Morgan fingerprint density at radius 1 is 1.00 bits per heavy atom. The van der Waals surface area contributed by atoms with Gasteiger partial charge in [-0.3, -0.25) is 0 Å². The van der Waals surface area contributed by atoms with Crippen molar-refractivity contribution in [1.82, 2.24) is 0 Å². The highest BCUT2D eigenvalue weighted by Gasteiger charge is 2.25. The van der Waals surface area contributed by atoms with Crippen LogP contribution in [-0.2, 0) is 6.42 Å². The Hall–Kier alpha value is -1.30. The third-order valence-electron chi connectivity index (χ3n) is 3.45. The molecule has 0 bridgehead atoms. The number of fused-ring (bicyclic) bond motifs is 1. The molecule has 1 saturated carbocycles. The maximum atomic E-state index is 2.35. The molecule has 1 aliphatic rings. The van der Waals surface area contributed by atoms with Crippen molar-refractivity contribution >= 4 is 10.8 Å². The van der Waals surface area contributed by atoms with E-state index in [0.717, 1.165) is 12.3 Å². The summed E-state index contributed by atoms with van der Waals surface area (Å²) < 4.78 is 0. The van der Waals surface area contributed by atoms with Gasteiger partial charge in [-0.05, 0) is 47.1 Å². The van der Waals surface area contributed by atoms with Crippen molar-refractivity contribution in [2.75, 3.05) is 0 Å². The second-order valence-electron chi connectivity index (χ2n) is 4.49. The van der Waals surface area contributed by atoms with Gasteiger partial charge < -0.3 is 0 Å². The van der Waals surface area contributed by atoms with Crippen molar-refractivity contribution < 1.29 is 0 Å². The van der Waals surface area contributed by atoms with E-state index in [9.17, 15) is 0 Å². The minimum absolute atomic E-state index is 0.848. The monoisotopic (exact) mass is 196 g/mol. The van der Waals surface area contributed by atoms with Crippen LogP contribution in [0, 0.1) is 0 Å². The summed E-state index contributed by atoms with van der Waals surface area (Å²) in [6, 6.07) is 13.5. The Morgan fingerprint density at radius 2 is 1.73 bits per heavy atom. The van der Waals surface area contributed by atoms with Crippen LogP contribution in [-0.4, -0.2) is 0 Å². The Balaban J connectivity index is 2.30. The van der Waals surface area contributed by atoms with Crippen molar-refractivity contribution in [3.8, 4) is 0 Å². The quantitative estimate of drug-likeness (QED) is 0.672. The molecule has 2 aromatic carbocycles. The number of benzene rings is 2. The molecule has 0 atom stereocenters. The van der Waals surface area contributed by atoms with Crippen molar-refractivity contribution in [3.63, 3.8) is 0 Å². The van der Waals surface area contributed by atoms with Crippen molar-refractivity contribution in [1.29, 1.82) is 0 Å². The zero-order valence-electron chi connectivity index (χ0n) is 9.16. The third-order valence-corrected chi connectivity index (χ3v) is 3.45. The number of hydrogen-bond donors (Lipinski definition) is 0. The van der Waals surface area contributed by atoms with Crippen LogP contribution in [0.5, 0.6) is 0 Å². The van der Waals surface area contributed by atoms with Gasteiger partial charge in [0, 0.05) is 0 Å². The van der Waals surface area contributed by atoms with Crippen LogP contribution >= 0.6 is 0 Å². The molecule has 0 unspecified atom stereocenters. The Kier molecular flexibility index (Phi) is 2.02. The topological polar surface area (TPSA) is 0 Å². The molecule has 0 saturated heterocycles. The van der Waals surface area contributed by atoms with Crippen LogP contribution < -0.4 is 0 Å².